The van der Waals surface area contributed by atoms with Gasteiger partial charge in [0.2, 0.25) is 0 Å². The first-order valence-corrected chi connectivity index (χ1v) is 10.2. The molecule has 0 radical (unpaired) electrons. The van der Waals surface area contributed by atoms with Crippen LogP contribution in [0.1, 0.15) is 17.0 Å². The highest BCUT2D eigenvalue weighted by molar-refractivity contribution is 8.11. The van der Waals surface area contributed by atoms with E-state index in [1.807, 2.05) is 0 Å². The summed E-state index contributed by atoms with van der Waals surface area (Å²) < 4.78 is 10.00. The molecule has 2 N–H and O–H groups in total. The third-order valence-electron chi connectivity index (χ3n) is 5.02. The van der Waals surface area contributed by atoms with E-state index in [4.69, 9.17) is 15.2 Å². The lowest BCUT2D eigenvalue weighted by Crippen LogP contribution is -2.42. The van der Waals surface area contributed by atoms with Gasteiger partial charge in [0.1, 0.15) is 10.9 Å². The van der Waals surface area contributed by atoms with Crippen molar-refractivity contribution in [3.8, 4) is 0 Å². The molecule has 32 heavy (non-hydrogen) atoms. The van der Waals surface area contributed by atoms with Crippen molar-refractivity contribution < 1.29 is 23.9 Å². The summed E-state index contributed by atoms with van der Waals surface area (Å²) in [5, 5.41) is 0.267. The molecule has 4 heterocycles. The fourth-order valence-corrected chi connectivity index (χ4v) is 4.80. The van der Waals surface area contributed by atoms with E-state index in [2.05, 4.69) is 9.97 Å². The van der Waals surface area contributed by atoms with Crippen molar-refractivity contribution >= 4 is 34.5 Å². The summed E-state index contributed by atoms with van der Waals surface area (Å²) >= 11 is 1.18. The third kappa shape index (κ3) is 3.54. The highest BCUT2D eigenvalue weighted by Gasteiger charge is 2.45. The van der Waals surface area contributed by atoms with Crippen molar-refractivity contribution in [1.29, 1.82) is 0 Å². The van der Waals surface area contributed by atoms with E-state index in [0.29, 0.717) is 10.5 Å². The summed E-state index contributed by atoms with van der Waals surface area (Å²) in [5.41, 5.74) is 7.74. The first-order valence-electron chi connectivity index (χ1n) is 9.42. The van der Waals surface area contributed by atoms with Crippen molar-refractivity contribution in [2.24, 2.45) is 5.73 Å². The van der Waals surface area contributed by atoms with Crippen LogP contribution < -0.4 is 5.73 Å². The second kappa shape index (κ2) is 8.67. The second-order valence-electron chi connectivity index (χ2n) is 6.73. The lowest BCUT2D eigenvalue weighted by molar-refractivity contribution is -0.137. The number of nitrogens with zero attached hydrogens (tertiary/aromatic N) is 3. The summed E-state index contributed by atoms with van der Waals surface area (Å²) in [6.07, 6.45) is 7.68. The summed E-state index contributed by atoms with van der Waals surface area (Å²) in [7, 11) is 2.44. The standard InChI is InChI=1S/C22H18N4O5S/c1-30-21(28)17-16(13-5-9-25-10-6-13)18(22(29)31-2)20-26(19(17)23)15(27)11-14(32-20)12-3-7-24-8-4-12/h3-11,16H,23H2,1-2H3. The zero-order chi connectivity index (χ0) is 22.8. The predicted molar refractivity (Wildman–Crippen MR) is 116 cm³/mol. The van der Waals surface area contributed by atoms with Crippen LogP contribution in [0.4, 0.5) is 0 Å². The van der Waals surface area contributed by atoms with Crippen molar-refractivity contribution in [2.75, 3.05) is 14.2 Å². The second-order valence-corrected chi connectivity index (χ2v) is 7.77. The minimum Gasteiger partial charge on any atom is -0.466 e. The minimum absolute atomic E-state index is 0.0300. The number of hydrogen-bond donors (Lipinski definition) is 1. The van der Waals surface area contributed by atoms with Crippen LogP contribution in [0.5, 0.6) is 0 Å². The molecule has 0 bridgehead atoms. The molecule has 2 aromatic rings. The molecule has 162 valence electrons. The molecule has 9 nitrogen and oxygen atoms in total. The number of hydrogen-bond acceptors (Lipinski definition) is 9. The average molecular weight is 450 g/mol. The fraction of sp³-hybridized carbons (Fsp3) is 0.136. The Morgan fingerprint density at radius 1 is 0.969 bits per heavy atom. The van der Waals surface area contributed by atoms with Gasteiger partial charge in [-0.3, -0.25) is 19.7 Å². The maximum absolute atomic E-state index is 13.1. The lowest BCUT2D eigenvalue weighted by Gasteiger charge is -2.38. The summed E-state index contributed by atoms with van der Waals surface area (Å²) in [4.78, 5) is 48.7. The van der Waals surface area contributed by atoms with Gasteiger partial charge in [-0.2, -0.15) is 0 Å². The van der Waals surface area contributed by atoms with Crippen molar-refractivity contribution in [2.45, 2.75) is 5.92 Å². The largest absolute Gasteiger partial charge is 0.466 e. The Bertz CT molecular complexity index is 1190. The van der Waals surface area contributed by atoms with E-state index < -0.39 is 23.8 Å². The zero-order valence-electron chi connectivity index (χ0n) is 17.1. The van der Waals surface area contributed by atoms with Crippen molar-refractivity contribution in [3.05, 3.63) is 88.3 Å². The first kappa shape index (κ1) is 21.3. The molecule has 1 amide bonds. The van der Waals surface area contributed by atoms with Crippen LogP contribution in [0, 0.1) is 0 Å². The van der Waals surface area contributed by atoms with Crippen molar-refractivity contribution in [3.63, 3.8) is 0 Å². The Balaban J connectivity index is 1.99. The molecule has 0 saturated carbocycles. The normalized spacial score (nSPS) is 18.2. The topological polar surface area (TPSA) is 125 Å². The molecule has 2 aliphatic heterocycles. The quantitative estimate of drug-likeness (QED) is 0.696. The Morgan fingerprint density at radius 2 is 1.53 bits per heavy atom. The molecule has 2 aromatic heterocycles. The van der Waals surface area contributed by atoms with E-state index in [-0.39, 0.29) is 22.0 Å². The Labute approximate surface area is 187 Å². The van der Waals surface area contributed by atoms with Crippen LogP contribution in [0.3, 0.4) is 0 Å². The van der Waals surface area contributed by atoms with E-state index in [1.165, 1.54) is 44.5 Å². The van der Waals surface area contributed by atoms with Crippen LogP contribution in [0.25, 0.3) is 4.91 Å². The Morgan fingerprint density at radius 3 is 2.12 bits per heavy atom. The number of thioether (sulfide) groups is 1. The van der Waals surface area contributed by atoms with E-state index in [9.17, 15) is 14.4 Å². The molecule has 10 heteroatoms. The number of ether oxygens (including phenoxy) is 2. The fourth-order valence-electron chi connectivity index (χ4n) is 3.59. The molecule has 1 unspecified atom stereocenters. The molecule has 2 aliphatic rings. The molecule has 0 aromatic carbocycles. The van der Waals surface area contributed by atoms with Crippen molar-refractivity contribution in [1.82, 2.24) is 14.9 Å². The van der Waals surface area contributed by atoms with Gasteiger partial charge in [-0.1, -0.05) is 11.8 Å². The van der Waals surface area contributed by atoms with Crippen LogP contribution in [0.2, 0.25) is 0 Å². The first-order chi connectivity index (χ1) is 15.5. The van der Waals surface area contributed by atoms with Gasteiger partial charge in [0.05, 0.1) is 31.3 Å². The monoisotopic (exact) mass is 450 g/mol. The van der Waals surface area contributed by atoms with Gasteiger partial charge >= 0.3 is 11.9 Å². The molecular weight excluding hydrogens is 432 g/mol. The Kier molecular flexibility index (Phi) is 5.78. The van der Waals surface area contributed by atoms with Gasteiger partial charge in [-0.05, 0) is 35.4 Å². The smallest absolute Gasteiger partial charge is 0.338 e. The molecule has 1 atom stereocenters. The van der Waals surface area contributed by atoms with Crippen LogP contribution in [0.15, 0.2) is 77.1 Å². The summed E-state index contributed by atoms with van der Waals surface area (Å²) in [6, 6.07) is 6.83. The summed E-state index contributed by atoms with van der Waals surface area (Å²) in [5.74, 6) is -2.98. The van der Waals surface area contributed by atoms with Gasteiger partial charge in [0, 0.05) is 35.8 Å². The third-order valence-corrected chi connectivity index (χ3v) is 6.19. The predicted octanol–water partition coefficient (Wildman–Crippen LogP) is 1.92. The van der Waals surface area contributed by atoms with E-state index >= 15 is 0 Å². The average Bonchev–Trinajstić information content (AvgIpc) is 2.83. The lowest BCUT2D eigenvalue weighted by atomic mass is 9.82. The molecule has 0 aliphatic carbocycles. The number of esters is 2. The number of nitrogens with two attached hydrogens (primary N) is 1. The number of amides is 1. The number of carbonyl (C=O) groups is 3. The highest BCUT2D eigenvalue weighted by atomic mass is 32.2. The maximum atomic E-state index is 13.1. The number of rotatable bonds is 4. The number of methoxy groups -OCH3 is 2. The minimum atomic E-state index is -0.916. The summed E-state index contributed by atoms with van der Waals surface area (Å²) in [6.45, 7) is 0. The SMILES string of the molecule is COC(=O)C1=C(N)N2C(=O)C=C(c3ccncc3)SC2=C(C(=O)OC)C1c1ccncc1. The zero-order valence-corrected chi connectivity index (χ0v) is 18.0. The molecular formula is C22H18N4O5S. The van der Waals surface area contributed by atoms with Crippen LogP contribution >= 0.6 is 11.8 Å². The van der Waals surface area contributed by atoms with Gasteiger partial charge in [-0.15, -0.1) is 0 Å². The molecule has 0 spiro atoms. The number of fused-ring (bicyclic) bond motifs is 1. The van der Waals surface area contributed by atoms with Crippen LogP contribution in [-0.2, 0) is 23.9 Å². The Hall–Kier alpha value is -3.92. The number of carbonyl (C=O) groups excluding carboxylic acids is 3. The van der Waals surface area contributed by atoms with Crippen LogP contribution in [-0.4, -0.2) is 46.9 Å². The van der Waals surface area contributed by atoms with E-state index in [0.717, 1.165) is 10.5 Å². The molecule has 0 saturated heterocycles. The molecule has 0 fully saturated rings. The van der Waals surface area contributed by atoms with Gasteiger partial charge in [-0.25, -0.2) is 9.59 Å². The van der Waals surface area contributed by atoms with E-state index in [1.54, 1.807) is 36.7 Å². The number of pyridine rings is 2. The highest BCUT2D eigenvalue weighted by Crippen LogP contribution is 2.50. The maximum Gasteiger partial charge on any atom is 0.338 e. The number of aromatic nitrogens is 2. The van der Waals surface area contributed by atoms with Gasteiger partial charge in [0.15, 0.2) is 0 Å². The van der Waals surface area contributed by atoms with Gasteiger partial charge in [0.25, 0.3) is 5.91 Å². The molecule has 4 rings (SSSR count). The van der Waals surface area contributed by atoms with Gasteiger partial charge < -0.3 is 15.2 Å².